The minimum Gasteiger partial charge on any atom is -0.389 e. The van der Waals surface area contributed by atoms with Gasteiger partial charge in [0.2, 0.25) is 0 Å². The van der Waals surface area contributed by atoms with Crippen molar-refractivity contribution in [1.82, 2.24) is 0 Å². The van der Waals surface area contributed by atoms with E-state index >= 15 is 0 Å². The molecule has 1 fully saturated rings. The third-order valence-corrected chi connectivity index (χ3v) is 3.67. The van der Waals surface area contributed by atoms with Crippen molar-refractivity contribution in [2.24, 2.45) is 0 Å². The van der Waals surface area contributed by atoms with Gasteiger partial charge in [0.25, 0.3) is 0 Å². The van der Waals surface area contributed by atoms with Gasteiger partial charge in [0.05, 0.1) is 17.6 Å². The van der Waals surface area contributed by atoms with Crippen molar-refractivity contribution in [1.29, 1.82) is 5.26 Å². The zero-order chi connectivity index (χ0) is 12.5. The van der Waals surface area contributed by atoms with Gasteiger partial charge in [-0.25, -0.2) is 0 Å². The average Bonchev–Trinajstić information content (AvgIpc) is 3.18. The van der Waals surface area contributed by atoms with Crippen molar-refractivity contribution >= 4 is 12.6 Å². The highest BCUT2D eigenvalue weighted by Gasteiger charge is 2.45. The van der Waals surface area contributed by atoms with Crippen LogP contribution in [0.15, 0.2) is 24.3 Å². The van der Waals surface area contributed by atoms with Gasteiger partial charge in [0, 0.05) is 5.75 Å². The Morgan fingerprint density at radius 2 is 2.12 bits per heavy atom. The van der Waals surface area contributed by atoms with Crippen LogP contribution >= 0.6 is 12.6 Å². The molecule has 2 atom stereocenters. The maximum atomic E-state index is 9.89. The van der Waals surface area contributed by atoms with E-state index in [0.717, 1.165) is 18.4 Å². The summed E-state index contributed by atoms with van der Waals surface area (Å²) in [7, 11) is 0. The summed E-state index contributed by atoms with van der Waals surface area (Å²) in [5, 5.41) is 28.6. The van der Waals surface area contributed by atoms with Crippen molar-refractivity contribution in [3.63, 3.8) is 0 Å². The van der Waals surface area contributed by atoms with Crippen molar-refractivity contribution in [3.05, 3.63) is 35.4 Å². The van der Waals surface area contributed by atoms with Gasteiger partial charge in [0.1, 0.15) is 6.10 Å². The molecule has 0 bridgehead atoms. The molecule has 0 heterocycles. The van der Waals surface area contributed by atoms with Crippen molar-refractivity contribution in [3.8, 4) is 6.07 Å². The van der Waals surface area contributed by atoms with Crippen molar-refractivity contribution in [2.75, 3.05) is 5.75 Å². The van der Waals surface area contributed by atoms with E-state index in [1.807, 2.05) is 18.2 Å². The van der Waals surface area contributed by atoms with Crippen LogP contribution < -0.4 is 0 Å². The van der Waals surface area contributed by atoms with E-state index in [1.54, 1.807) is 6.07 Å². The molecule has 2 rings (SSSR count). The molecule has 1 aromatic rings. The number of benzene rings is 1. The summed E-state index contributed by atoms with van der Waals surface area (Å²) in [6, 6.07) is 9.61. The molecule has 0 aliphatic heterocycles. The summed E-state index contributed by atoms with van der Waals surface area (Å²) in [6.07, 6.45) is -0.0798. The first-order valence-electron chi connectivity index (χ1n) is 5.61. The number of hydrogen-bond donors (Lipinski definition) is 3. The van der Waals surface area contributed by atoms with E-state index in [9.17, 15) is 10.2 Å². The summed E-state index contributed by atoms with van der Waals surface area (Å²) in [6.45, 7) is 0. The topological polar surface area (TPSA) is 64.2 Å². The molecule has 1 aromatic carbocycles. The zero-order valence-electron chi connectivity index (χ0n) is 9.37. The highest BCUT2D eigenvalue weighted by Crippen LogP contribution is 2.47. The second-order valence-electron chi connectivity index (χ2n) is 4.51. The van der Waals surface area contributed by atoms with E-state index in [-0.39, 0.29) is 11.2 Å². The molecular weight excluding hydrogens is 234 g/mol. The number of aliphatic hydroxyl groups excluding tert-OH is 2. The Labute approximate surface area is 106 Å². The first-order valence-corrected chi connectivity index (χ1v) is 6.25. The highest BCUT2D eigenvalue weighted by atomic mass is 32.1. The predicted octanol–water partition coefficient (Wildman–Crippen LogP) is 1.57. The lowest BCUT2D eigenvalue weighted by atomic mass is 9.93. The summed E-state index contributed by atoms with van der Waals surface area (Å²) >= 11 is 3.96. The largest absolute Gasteiger partial charge is 0.389 e. The highest BCUT2D eigenvalue weighted by molar-refractivity contribution is 7.80. The maximum Gasteiger partial charge on any atom is 0.106 e. The summed E-state index contributed by atoms with van der Waals surface area (Å²) in [4.78, 5) is 0. The van der Waals surface area contributed by atoms with E-state index in [0.29, 0.717) is 5.56 Å². The smallest absolute Gasteiger partial charge is 0.106 e. The fourth-order valence-corrected chi connectivity index (χ4v) is 2.13. The number of nitrogens with zero attached hydrogens (tertiary/aromatic N) is 1. The Kier molecular flexibility index (Phi) is 3.43. The van der Waals surface area contributed by atoms with Crippen LogP contribution in [0.4, 0.5) is 0 Å². The zero-order valence-corrected chi connectivity index (χ0v) is 10.3. The number of hydrogen-bond acceptors (Lipinski definition) is 4. The second kappa shape index (κ2) is 4.69. The second-order valence-corrected chi connectivity index (χ2v) is 4.88. The first-order chi connectivity index (χ1) is 8.13. The molecule has 2 N–H and O–H groups in total. The maximum absolute atomic E-state index is 9.89. The lowest BCUT2D eigenvalue weighted by Gasteiger charge is -2.17. The van der Waals surface area contributed by atoms with E-state index in [4.69, 9.17) is 5.26 Å². The lowest BCUT2D eigenvalue weighted by molar-refractivity contribution is 0.0337. The average molecular weight is 249 g/mol. The molecule has 1 saturated carbocycles. The molecule has 3 nitrogen and oxygen atoms in total. The van der Waals surface area contributed by atoms with Crippen molar-refractivity contribution in [2.45, 2.75) is 30.5 Å². The van der Waals surface area contributed by atoms with Crippen LogP contribution in [-0.2, 0) is 5.41 Å². The molecule has 0 saturated heterocycles. The Balaban J connectivity index is 2.27. The third kappa shape index (κ3) is 2.32. The molecule has 0 spiro atoms. The standard InChI is InChI=1S/C13H15NO2S/c14-8-13(4-5-13)10-3-1-2-9(6-10)12(16)11(15)7-17/h1-3,6,11-12,15-17H,4-5,7H2. The Hall–Kier alpha value is -1.02. The fourth-order valence-electron chi connectivity index (χ4n) is 1.93. The molecule has 0 amide bonds. The molecule has 0 aromatic heterocycles. The molecule has 2 unspecified atom stereocenters. The van der Waals surface area contributed by atoms with Gasteiger partial charge in [-0.1, -0.05) is 24.3 Å². The van der Waals surface area contributed by atoms with Crippen LogP contribution in [0.3, 0.4) is 0 Å². The minimum absolute atomic E-state index is 0.203. The molecule has 1 aliphatic carbocycles. The molecule has 0 radical (unpaired) electrons. The van der Waals surface area contributed by atoms with Gasteiger partial charge in [0.15, 0.2) is 0 Å². The van der Waals surface area contributed by atoms with Gasteiger partial charge in [-0.3, -0.25) is 0 Å². The number of thiol groups is 1. The molecular formula is C13H15NO2S. The van der Waals surface area contributed by atoms with Gasteiger partial charge < -0.3 is 10.2 Å². The normalized spacial score (nSPS) is 20.4. The van der Waals surface area contributed by atoms with Crippen molar-refractivity contribution < 1.29 is 10.2 Å². The van der Waals surface area contributed by atoms with Gasteiger partial charge in [-0.05, 0) is 24.0 Å². The van der Waals surface area contributed by atoms with Crippen LogP contribution in [0.25, 0.3) is 0 Å². The van der Waals surface area contributed by atoms with Crippen LogP contribution in [0.2, 0.25) is 0 Å². The van der Waals surface area contributed by atoms with E-state index in [1.165, 1.54) is 0 Å². The summed E-state index contributed by atoms with van der Waals surface area (Å²) in [5.41, 5.74) is 1.22. The fraction of sp³-hybridized carbons (Fsp3) is 0.462. The van der Waals surface area contributed by atoms with Crippen LogP contribution in [-0.4, -0.2) is 22.1 Å². The van der Waals surface area contributed by atoms with Gasteiger partial charge >= 0.3 is 0 Å². The lowest BCUT2D eigenvalue weighted by Crippen LogP contribution is -2.20. The quantitative estimate of drug-likeness (QED) is 0.710. The number of nitriles is 1. The van der Waals surface area contributed by atoms with Crippen LogP contribution in [0.1, 0.15) is 30.1 Å². The molecule has 90 valence electrons. The Morgan fingerprint density at radius 1 is 1.41 bits per heavy atom. The SMILES string of the molecule is N#CC1(c2cccc(C(O)C(O)CS)c2)CC1. The molecule has 4 heteroatoms. The molecule has 1 aliphatic rings. The van der Waals surface area contributed by atoms with E-state index < -0.39 is 12.2 Å². The minimum atomic E-state index is -0.943. The third-order valence-electron chi connectivity index (χ3n) is 3.30. The van der Waals surface area contributed by atoms with Gasteiger partial charge in [-0.15, -0.1) is 0 Å². The Bertz CT molecular complexity index is 451. The number of rotatable bonds is 4. The summed E-state index contributed by atoms with van der Waals surface area (Å²) < 4.78 is 0. The number of aliphatic hydroxyl groups is 2. The molecule has 17 heavy (non-hydrogen) atoms. The predicted molar refractivity (Wildman–Crippen MR) is 67.8 cm³/mol. The van der Waals surface area contributed by atoms with Crippen LogP contribution in [0.5, 0.6) is 0 Å². The van der Waals surface area contributed by atoms with Crippen LogP contribution in [0, 0.1) is 11.3 Å². The first kappa shape index (κ1) is 12.4. The van der Waals surface area contributed by atoms with Gasteiger partial charge in [-0.2, -0.15) is 17.9 Å². The summed E-state index contributed by atoms with van der Waals surface area (Å²) in [5.74, 6) is 0.203. The van der Waals surface area contributed by atoms with E-state index in [2.05, 4.69) is 18.7 Å². The monoisotopic (exact) mass is 249 g/mol. The Morgan fingerprint density at radius 3 is 2.65 bits per heavy atom.